The summed E-state index contributed by atoms with van der Waals surface area (Å²) in [5.74, 6) is -2.26. The number of nitrogens with zero attached hydrogens (tertiary/aromatic N) is 1. The van der Waals surface area contributed by atoms with Gasteiger partial charge < -0.3 is 25.1 Å². The Morgan fingerprint density at radius 2 is 1.89 bits per heavy atom. The Labute approximate surface area is 269 Å². The van der Waals surface area contributed by atoms with Crippen molar-refractivity contribution in [3.05, 3.63) is 101 Å². The maximum atomic E-state index is 15.5. The molecule has 242 valence electrons. The Morgan fingerprint density at radius 1 is 1.04 bits per heavy atom. The van der Waals surface area contributed by atoms with E-state index in [0.717, 1.165) is 11.1 Å². The largest absolute Gasteiger partial charge is 0.481 e. The van der Waals surface area contributed by atoms with Crippen molar-refractivity contribution in [3.8, 4) is 22.9 Å². The number of aromatic amines is 2. The molecule has 6 rings (SSSR count). The highest BCUT2D eigenvalue weighted by Crippen LogP contribution is 2.39. The average molecular weight is 641 g/mol. The zero-order valence-corrected chi connectivity index (χ0v) is 25.8. The third-order valence-corrected chi connectivity index (χ3v) is 8.86. The summed E-state index contributed by atoms with van der Waals surface area (Å²) >= 11 is 0. The molecule has 1 atom stereocenters. The van der Waals surface area contributed by atoms with Crippen molar-refractivity contribution < 1.29 is 33.0 Å². The molecular formula is C36H34F2N4O5. The van der Waals surface area contributed by atoms with E-state index in [9.17, 15) is 19.5 Å². The van der Waals surface area contributed by atoms with E-state index >= 15 is 8.78 Å². The molecule has 1 aliphatic heterocycles. The van der Waals surface area contributed by atoms with Gasteiger partial charge in [0.2, 0.25) is 5.91 Å². The first-order valence-electron chi connectivity index (χ1n) is 15.5. The van der Waals surface area contributed by atoms with E-state index in [2.05, 4.69) is 20.3 Å². The number of carbonyl (C=O) groups is 3. The molecule has 1 unspecified atom stereocenters. The van der Waals surface area contributed by atoms with Gasteiger partial charge in [-0.25, -0.2) is 13.8 Å². The summed E-state index contributed by atoms with van der Waals surface area (Å²) in [4.78, 5) is 47.7. The van der Waals surface area contributed by atoms with Crippen LogP contribution in [-0.2, 0) is 32.6 Å². The summed E-state index contributed by atoms with van der Waals surface area (Å²) < 4.78 is 36.9. The van der Waals surface area contributed by atoms with Crippen LogP contribution >= 0.6 is 0 Å². The number of Topliss-reactive ketones (excluding diaryl/α,β-unsaturated/α-hetero) is 1. The monoisotopic (exact) mass is 640 g/mol. The summed E-state index contributed by atoms with van der Waals surface area (Å²) in [6.45, 7) is 1.86. The molecule has 0 saturated heterocycles. The van der Waals surface area contributed by atoms with Gasteiger partial charge in [0.15, 0.2) is 17.3 Å². The molecule has 5 aromatic rings. The smallest absolute Gasteiger partial charge is 0.303 e. The molecule has 3 aromatic carbocycles. The maximum Gasteiger partial charge on any atom is 0.303 e. The number of benzene rings is 3. The second-order valence-electron chi connectivity index (χ2n) is 12.1. The number of carboxylic acids is 1. The Balaban J connectivity index is 1.43. The SMILES string of the molecule is CC1(c2cccc(CCC(=O)O)c2)CCCC(=O)CNC(=O)CCc2c(c(F)cc3[nH]ccc23)Oc2ccc(F)c(c2)-c2ncc1[nH]2. The zero-order chi connectivity index (χ0) is 33.1. The number of hydrogen-bond acceptors (Lipinski definition) is 5. The fourth-order valence-corrected chi connectivity index (χ4v) is 6.20. The third kappa shape index (κ3) is 6.79. The van der Waals surface area contributed by atoms with Gasteiger partial charge in [0.05, 0.1) is 12.1 Å². The van der Waals surface area contributed by atoms with Crippen LogP contribution in [0.1, 0.15) is 61.4 Å². The van der Waals surface area contributed by atoms with Gasteiger partial charge >= 0.3 is 5.97 Å². The maximum absolute atomic E-state index is 15.5. The highest BCUT2D eigenvalue weighted by Gasteiger charge is 2.32. The second kappa shape index (κ2) is 13.2. The van der Waals surface area contributed by atoms with Crippen molar-refractivity contribution in [1.29, 1.82) is 0 Å². The lowest BCUT2D eigenvalue weighted by Crippen LogP contribution is -2.30. The molecule has 47 heavy (non-hydrogen) atoms. The van der Waals surface area contributed by atoms with E-state index in [0.29, 0.717) is 41.4 Å². The van der Waals surface area contributed by atoms with Crippen molar-refractivity contribution in [2.45, 2.75) is 57.3 Å². The number of nitrogens with one attached hydrogen (secondary N) is 3. The van der Waals surface area contributed by atoms with Gasteiger partial charge in [-0.05, 0) is 68.0 Å². The van der Waals surface area contributed by atoms with Crippen LogP contribution in [-0.4, -0.2) is 44.3 Å². The molecule has 11 heteroatoms. The molecule has 4 bridgehead atoms. The predicted octanol–water partition coefficient (Wildman–Crippen LogP) is 6.75. The van der Waals surface area contributed by atoms with Crippen molar-refractivity contribution in [1.82, 2.24) is 20.3 Å². The molecule has 2 aromatic heterocycles. The number of carbonyl (C=O) groups excluding carboxylic acids is 2. The van der Waals surface area contributed by atoms with Crippen LogP contribution in [0.15, 0.2) is 67.0 Å². The zero-order valence-electron chi connectivity index (χ0n) is 25.8. The van der Waals surface area contributed by atoms with Crippen LogP contribution in [0.4, 0.5) is 8.78 Å². The molecule has 1 aliphatic rings. The first-order valence-corrected chi connectivity index (χ1v) is 15.5. The van der Waals surface area contributed by atoms with Crippen LogP contribution < -0.4 is 10.1 Å². The van der Waals surface area contributed by atoms with E-state index in [4.69, 9.17) is 4.74 Å². The van der Waals surface area contributed by atoms with Crippen molar-refractivity contribution in [2.24, 2.45) is 0 Å². The number of ketones is 1. The van der Waals surface area contributed by atoms with Gasteiger partial charge in [-0.1, -0.05) is 24.3 Å². The number of fused-ring (bicyclic) bond motifs is 8. The minimum atomic E-state index is -0.894. The molecule has 0 radical (unpaired) electrons. The van der Waals surface area contributed by atoms with Gasteiger partial charge in [-0.2, -0.15) is 0 Å². The third-order valence-electron chi connectivity index (χ3n) is 8.86. The summed E-state index contributed by atoms with van der Waals surface area (Å²) in [5.41, 5.74) is 2.79. The summed E-state index contributed by atoms with van der Waals surface area (Å²) in [6, 6.07) is 14.8. The van der Waals surface area contributed by atoms with E-state index in [1.165, 1.54) is 24.3 Å². The number of H-pyrrole nitrogens is 2. The fourth-order valence-electron chi connectivity index (χ4n) is 6.20. The van der Waals surface area contributed by atoms with Gasteiger partial charge in [0, 0.05) is 65.3 Å². The first kappa shape index (κ1) is 31.7. The topological polar surface area (TPSA) is 137 Å². The quantitative estimate of drug-likeness (QED) is 0.172. The average Bonchev–Trinajstić information content (AvgIpc) is 3.74. The van der Waals surface area contributed by atoms with Gasteiger partial charge in [-0.3, -0.25) is 14.4 Å². The molecule has 0 fully saturated rings. The Morgan fingerprint density at radius 3 is 2.72 bits per heavy atom. The number of halogens is 2. The summed E-state index contributed by atoms with van der Waals surface area (Å²) in [6.07, 6.45) is 4.95. The van der Waals surface area contributed by atoms with Crippen molar-refractivity contribution in [3.63, 3.8) is 0 Å². The van der Waals surface area contributed by atoms with Crippen molar-refractivity contribution >= 4 is 28.6 Å². The number of ether oxygens (including phenoxy) is 1. The molecule has 0 aliphatic carbocycles. The Bertz CT molecular complexity index is 1980. The lowest BCUT2D eigenvalue weighted by Gasteiger charge is -2.30. The van der Waals surface area contributed by atoms with Crippen LogP contribution in [0.3, 0.4) is 0 Å². The van der Waals surface area contributed by atoms with Gasteiger partial charge in [-0.15, -0.1) is 0 Å². The Kier molecular flexibility index (Phi) is 8.88. The lowest BCUT2D eigenvalue weighted by molar-refractivity contribution is -0.137. The first-order chi connectivity index (χ1) is 22.6. The van der Waals surface area contributed by atoms with E-state index in [-0.39, 0.29) is 66.8 Å². The van der Waals surface area contributed by atoms with Crippen LogP contribution in [0, 0.1) is 11.6 Å². The molecule has 3 heterocycles. The molecule has 0 spiro atoms. The van der Waals surface area contributed by atoms with E-state index in [1.54, 1.807) is 18.5 Å². The molecule has 1 amide bonds. The minimum Gasteiger partial charge on any atom is -0.481 e. The molecule has 0 saturated carbocycles. The predicted molar refractivity (Wildman–Crippen MR) is 171 cm³/mol. The summed E-state index contributed by atoms with van der Waals surface area (Å²) in [7, 11) is 0. The number of aryl methyl sites for hydroxylation is 2. The number of rotatable bonds is 4. The van der Waals surface area contributed by atoms with Gasteiger partial charge in [0.25, 0.3) is 0 Å². The van der Waals surface area contributed by atoms with E-state index in [1.807, 2.05) is 31.2 Å². The second-order valence-corrected chi connectivity index (χ2v) is 12.1. The number of carboxylic acid groups (broad SMARTS) is 1. The highest BCUT2D eigenvalue weighted by molar-refractivity contribution is 5.88. The fraction of sp³-hybridized carbons (Fsp3) is 0.278. The minimum absolute atomic E-state index is 0.00673. The number of aromatic nitrogens is 3. The van der Waals surface area contributed by atoms with Crippen molar-refractivity contribution in [2.75, 3.05) is 6.54 Å². The number of amides is 1. The Hall–Kier alpha value is -5.32. The molecule has 9 nitrogen and oxygen atoms in total. The molecule has 4 N–H and O–H groups in total. The number of aliphatic carboxylic acids is 1. The van der Waals surface area contributed by atoms with Gasteiger partial charge in [0.1, 0.15) is 17.4 Å². The summed E-state index contributed by atoms with van der Waals surface area (Å²) in [5, 5.41) is 12.6. The van der Waals surface area contributed by atoms with Crippen LogP contribution in [0.5, 0.6) is 11.5 Å². The molecular weight excluding hydrogens is 606 g/mol. The standard InChI is InChI=1S/C36H34F2N4O5/c1-36(22-5-2-4-21(16-22)7-12-33(45)46)14-3-6-23(43)19-40-32(44)11-9-26-25-13-15-39-30(25)18-29(38)34(26)47-24-8-10-28(37)27(17-24)35-41-20-31(36)42-35/h2,4-5,8,10,13,15-18,20,39H,3,6-7,9,11-12,14,19H2,1H3,(H,40,44)(H,41,42)(H,45,46). The lowest BCUT2D eigenvalue weighted by atomic mass is 9.75. The highest BCUT2D eigenvalue weighted by atomic mass is 19.1. The van der Waals surface area contributed by atoms with E-state index < -0.39 is 23.0 Å². The number of hydrogen-bond donors (Lipinski definition) is 4. The number of imidazole rings is 1. The van der Waals surface area contributed by atoms with Crippen LogP contribution in [0.2, 0.25) is 0 Å². The van der Waals surface area contributed by atoms with Crippen LogP contribution in [0.25, 0.3) is 22.3 Å². The normalized spacial score (nSPS) is 17.6.